The van der Waals surface area contributed by atoms with E-state index in [-0.39, 0.29) is 5.82 Å². The van der Waals surface area contributed by atoms with Crippen LogP contribution in [0, 0.1) is 12.7 Å². The average Bonchev–Trinajstić information content (AvgIpc) is 2.68. The second-order valence-corrected chi connectivity index (χ2v) is 4.42. The monoisotopic (exact) mass is 284 g/mol. The zero-order valence-corrected chi connectivity index (χ0v) is 10.2. The lowest BCUT2D eigenvalue weighted by molar-refractivity contribution is 0.219. The molecule has 1 aromatic heterocycles. The van der Waals surface area contributed by atoms with Gasteiger partial charge in [-0.05, 0) is 46.6 Å². The zero-order valence-electron chi connectivity index (χ0n) is 8.58. The smallest absolute Gasteiger partial charge is 0.137 e. The Morgan fingerprint density at radius 3 is 2.62 bits per heavy atom. The summed E-state index contributed by atoms with van der Waals surface area (Å²) in [6.45, 7) is 1.80. The van der Waals surface area contributed by atoms with Crippen LogP contribution in [0.3, 0.4) is 0 Å². The highest BCUT2D eigenvalue weighted by atomic mass is 79.9. The van der Waals surface area contributed by atoms with Crippen molar-refractivity contribution >= 4 is 15.9 Å². The predicted octanol–water partition coefficient (Wildman–Crippen LogP) is 3.57. The van der Waals surface area contributed by atoms with Gasteiger partial charge in [0.2, 0.25) is 0 Å². The van der Waals surface area contributed by atoms with Crippen LogP contribution in [-0.2, 0) is 0 Å². The summed E-state index contributed by atoms with van der Waals surface area (Å²) in [5, 5.41) is 10.0. The van der Waals surface area contributed by atoms with E-state index in [1.165, 1.54) is 12.3 Å². The first kappa shape index (κ1) is 11.4. The molecule has 0 aliphatic heterocycles. The third-order valence-corrected chi connectivity index (χ3v) is 2.93. The number of aryl methyl sites for hydroxylation is 1. The van der Waals surface area contributed by atoms with Crippen molar-refractivity contribution in [2.45, 2.75) is 13.0 Å². The first-order valence-corrected chi connectivity index (χ1v) is 5.55. The highest BCUT2D eigenvalue weighted by Gasteiger charge is 2.14. The van der Waals surface area contributed by atoms with Crippen LogP contribution in [0.1, 0.15) is 23.0 Å². The topological polar surface area (TPSA) is 33.4 Å². The Hall–Kier alpha value is -1.13. The molecule has 1 heterocycles. The molecule has 2 rings (SSSR count). The minimum atomic E-state index is -0.797. The van der Waals surface area contributed by atoms with Gasteiger partial charge in [-0.1, -0.05) is 6.07 Å². The first-order valence-electron chi connectivity index (χ1n) is 4.76. The van der Waals surface area contributed by atoms with Gasteiger partial charge >= 0.3 is 0 Å². The Morgan fingerprint density at radius 1 is 1.31 bits per heavy atom. The van der Waals surface area contributed by atoms with Crippen molar-refractivity contribution in [2.75, 3.05) is 0 Å². The third-order valence-electron chi connectivity index (χ3n) is 2.33. The van der Waals surface area contributed by atoms with Crippen molar-refractivity contribution in [2.24, 2.45) is 0 Å². The summed E-state index contributed by atoms with van der Waals surface area (Å²) in [5.74, 6) is 0.384. The molecule has 0 spiro atoms. The lowest BCUT2D eigenvalue weighted by Crippen LogP contribution is -1.98. The Balaban J connectivity index is 2.33. The van der Waals surface area contributed by atoms with E-state index in [2.05, 4.69) is 15.9 Å². The van der Waals surface area contributed by atoms with Gasteiger partial charge in [-0.2, -0.15) is 0 Å². The molecule has 4 heteroatoms. The van der Waals surface area contributed by atoms with Gasteiger partial charge in [-0.25, -0.2) is 4.39 Å². The maximum absolute atomic E-state index is 13.0. The van der Waals surface area contributed by atoms with Gasteiger partial charge in [0.1, 0.15) is 17.7 Å². The van der Waals surface area contributed by atoms with E-state index in [1.54, 1.807) is 25.1 Å². The number of hydrogen-bond donors (Lipinski definition) is 1. The summed E-state index contributed by atoms with van der Waals surface area (Å²) in [6.07, 6.45) is 0.700. The second-order valence-electron chi connectivity index (χ2n) is 3.57. The van der Waals surface area contributed by atoms with E-state index < -0.39 is 6.10 Å². The molecule has 1 N–H and O–H groups in total. The summed E-state index contributed by atoms with van der Waals surface area (Å²) < 4.78 is 18.5. The van der Waals surface area contributed by atoms with Crippen molar-refractivity contribution in [1.29, 1.82) is 0 Å². The molecule has 0 aliphatic rings. The summed E-state index contributed by atoms with van der Waals surface area (Å²) in [6, 6.07) is 6.17. The first-order chi connectivity index (χ1) is 7.58. The SMILES string of the molecule is Cc1cc(C(O)c2ccc(F)c(Br)c2)co1. The molecule has 0 amide bonds. The second kappa shape index (κ2) is 4.39. The van der Waals surface area contributed by atoms with Crippen LogP contribution in [0.25, 0.3) is 0 Å². The molecule has 16 heavy (non-hydrogen) atoms. The van der Waals surface area contributed by atoms with Crippen LogP contribution >= 0.6 is 15.9 Å². The van der Waals surface area contributed by atoms with E-state index in [1.807, 2.05) is 0 Å². The molecule has 0 fully saturated rings. The van der Waals surface area contributed by atoms with E-state index in [9.17, 15) is 9.50 Å². The zero-order chi connectivity index (χ0) is 11.7. The summed E-state index contributed by atoms with van der Waals surface area (Å²) in [4.78, 5) is 0. The van der Waals surface area contributed by atoms with Crippen molar-refractivity contribution in [3.63, 3.8) is 0 Å². The van der Waals surface area contributed by atoms with Gasteiger partial charge in [-0.15, -0.1) is 0 Å². The fourth-order valence-corrected chi connectivity index (χ4v) is 1.88. The molecule has 0 radical (unpaired) electrons. The largest absolute Gasteiger partial charge is 0.469 e. The Kier molecular flexibility index (Phi) is 3.12. The molecule has 2 aromatic rings. The molecule has 0 saturated carbocycles. The van der Waals surface area contributed by atoms with E-state index in [4.69, 9.17) is 4.42 Å². The molecular formula is C12H10BrFO2. The molecule has 0 bridgehead atoms. The van der Waals surface area contributed by atoms with Crippen LogP contribution in [-0.4, -0.2) is 5.11 Å². The fourth-order valence-electron chi connectivity index (χ4n) is 1.48. The van der Waals surface area contributed by atoms with Crippen LogP contribution in [0.15, 0.2) is 39.4 Å². The molecule has 0 saturated heterocycles. The van der Waals surface area contributed by atoms with Gasteiger partial charge in [0.15, 0.2) is 0 Å². The summed E-state index contributed by atoms with van der Waals surface area (Å²) >= 11 is 3.08. The summed E-state index contributed by atoms with van der Waals surface area (Å²) in [5.41, 5.74) is 1.28. The van der Waals surface area contributed by atoms with Crippen molar-refractivity contribution < 1.29 is 13.9 Å². The van der Waals surface area contributed by atoms with Crippen molar-refractivity contribution in [1.82, 2.24) is 0 Å². The van der Waals surface area contributed by atoms with Gasteiger partial charge in [-0.3, -0.25) is 0 Å². The van der Waals surface area contributed by atoms with E-state index in [0.29, 0.717) is 15.6 Å². The average molecular weight is 285 g/mol. The molecule has 84 valence electrons. The van der Waals surface area contributed by atoms with Crippen LogP contribution in [0.4, 0.5) is 4.39 Å². The number of hydrogen-bond acceptors (Lipinski definition) is 2. The van der Waals surface area contributed by atoms with E-state index >= 15 is 0 Å². The lowest BCUT2D eigenvalue weighted by atomic mass is 10.0. The Bertz CT molecular complexity index is 507. The van der Waals surface area contributed by atoms with E-state index in [0.717, 1.165) is 5.76 Å². The Morgan fingerprint density at radius 2 is 2.06 bits per heavy atom. The molecule has 1 atom stereocenters. The van der Waals surface area contributed by atoms with Crippen LogP contribution in [0.2, 0.25) is 0 Å². The molecule has 2 nitrogen and oxygen atoms in total. The molecule has 0 aliphatic carbocycles. The normalized spacial score (nSPS) is 12.8. The number of halogens is 2. The van der Waals surface area contributed by atoms with Gasteiger partial charge in [0, 0.05) is 5.56 Å². The quantitative estimate of drug-likeness (QED) is 0.915. The van der Waals surface area contributed by atoms with Crippen molar-refractivity contribution in [3.05, 3.63) is 57.7 Å². The number of aliphatic hydroxyl groups excluding tert-OH is 1. The number of furan rings is 1. The summed E-state index contributed by atoms with van der Waals surface area (Å²) in [7, 11) is 0. The van der Waals surface area contributed by atoms with Crippen LogP contribution < -0.4 is 0 Å². The standard InChI is InChI=1S/C12H10BrFO2/c1-7-4-9(6-16-7)12(15)8-2-3-11(14)10(13)5-8/h2-6,12,15H,1H3. The Labute approximate surface area is 101 Å². The van der Waals surface area contributed by atoms with Gasteiger partial charge in [0.25, 0.3) is 0 Å². The predicted molar refractivity (Wildman–Crippen MR) is 61.6 cm³/mol. The highest BCUT2D eigenvalue weighted by molar-refractivity contribution is 9.10. The number of aliphatic hydroxyl groups is 1. The number of benzene rings is 1. The van der Waals surface area contributed by atoms with Crippen molar-refractivity contribution in [3.8, 4) is 0 Å². The minimum absolute atomic E-state index is 0.337. The third kappa shape index (κ3) is 2.18. The fraction of sp³-hybridized carbons (Fsp3) is 0.167. The molecule has 1 unspecified atom stereocenters. The maximum atomic E-state index is 13.0. The maximum Gasteiger partial charge on any atom is 0.137 e. The van der Waals surface area contributed by atoms with Gasteiger partial charge < -0.3 is 9.52 Å². The number of rotatable bonds is 2. The minimum Gasteiger partial charge on any atom is -0.469 e. The molecule has 1 aromatic carbocycles. The van der Waals surface area contributed by atoms with Gasteiger partial charge in [0.05, 0.1) is 10.7 Å². The molecular weight excluding hydrogens is 275 g/mol. The highest BCUT2D eigenvalue weighted by Crippen LogP contribution is 2.27. The van der Waals surface area contributed by atoms with Crippen LogP contribution in [0.5, 0.6) is 0 Å². The lowest BCUT2D eigenvalue weighted by Gasteiger charge is -2.09.